The minimum absolute atomic E-state index is 0.0581. The van der Waals surface area contributed by atoms with Gasteiger partial charge in [0.1, 0.15) is 0 Å². The lowest BCUT2D eigenvalue weighted by molar-refractivity contribution is 0.426. The van der Waals surface area contributed by atoms with Gasteiger partial charge in [0, 0.05) is 10.4 Å². The summed E-state index contributed by atoms with van der Waals surface area (Å²) in [6.07, 6.45) is 9.46. The Morgan fingerprint density at radius 3 is 2.44 bits per heavy atom. The lowest BCUT2D eigenvalue weighted by atomic mass is 9.91. The van der Waals surface area contributed by atoms with Crippen LogP contribution in [-0.4, -0.2) is 16.9 Å². The molecule has 0 aromatic carbocycles. The fraction of sp³-hybridized carbons (Fsp3) is 0.786. The highest BCUT2D eigenvalue weighted by molar-refractivity contribution is 7.80. The van der Waals surface area contributed by atoms with E-state index in [9.17, 15) is 0 Å². The molecular formula is C14H27NS. The smallest absolute Gasteiger partial charge is 0.0466 e. The molecule has 0 spiro atoms. The van der Waals surface area contributed by atoms with Crippen LogP contribution in [-0.2, 0) is 0 Å². The summed E-state index contributed by atoms with van der Waals surface area (Å²) in [5.74, 6) is 0. The summed E-state index contributed by atoms with van der Waals surface area (Å²) in [4.78, 5) is 1.08. The molecule has 0 aliphatic rings. The number of unbranched alkanes of at least 4 members (excludes halogenated alkanes) is 4. The molecule has 0 aromatic heterocycles. The Balaban J connectivity index is 3.77. The third-order valence-electron chi connectivity index (χ3n) is 3.18. The zero-order valence-corrected chi connectivity index (χ0v) is 12.0. The number of allylic oxidation sites excluding steroid dienone is 1. The van der Waals surface area contributed by atoms with Crippen LogP contribution in [0.15, 0.2) is 12.7 Å². The van der Waals surface area contributed by atoms with Gasteiger partial charge in [-0.15, -0.1) is 6.58 Å². The number of rotatable bonds is 10. The van der Waals surface area contributed by atoms with Crippen LogP contribution in [0.25, 0.3) is 0 Å². The molecule has 2 heteroatoms. The molecule has 1 atom stereocenters. The van der Waals surface area contributed by atoms with Crippen LogP contribution < -0.4 is 5.32 Å². The second kappa shape index (κ2) is 8.89. The summed E-state index contributed by atoms with van der Waals surface area (Å²) >= 11 is 5.34. The lowest BCUT2D eigenvalue weighted by Gasteiger charge is -2.30. The van der Waals surface area contributed by atoms with E-state index >= 15 is 0 Å². The molecule has 0 radical (unpaired) electrons. The van der Waals surface area contributed by atoms with Crippen LogP contribution in [0.2, 0.25) is 0 Å². The van der Waals surface area contributed by atoms with Gasteiger partial charge in [-0.2, -0.15) is 0 Å². The Kier molecular flexibility index (Phi) is 8.77. The largest absolute Gasteiger partial charge is 0.307 e. The van der Waals surface area contributed by atoms with Gasteiger partial charge in [-0.3, -0.25) is 0 Å². The summed E-state index contributed by atoms with van der Waals surface area (Å²) in [6, 6.07) is 0. The van der Waals surface area contributed by atoms with Crippen molar-refractivity contribution >= 4 is 17.1 Å². The molecule has 0 saturated heterocycles. The third kappa shape index (κ3) is 6.39. The Morgan fingerprint density at radius 1 is 1.31 bits per heavy atom. The molecule has 0 rings (SSSR count). The van der Waals surface area contributed by atoms with Gasteiger partial charge in [0.2, 0.25) is 0 Å². The second-order valence-corrected chi connectivity index (χ2v) is 5.27. The summed E-state index contributed by atoms with van der Waals surface area (Å²) in [6.45, 7) is 11.1. The van der Waals surface area contributed by atoms with Gasteiger partial charge in [-0.1, -0.05) is 44.5 Å². The van der Waals surface area contributed by atoms with Crippen LogP contribution >= 0.6 is 12.2 Å². The normalized spacial score (nSPS) is 14.4. The van der Waals surface area contributed by atoms with Crippen LogP contribution in [0.5, 0.6) is 0 Å². The highest BCUT2D eigenvalue weighted by atomic mass is 32.1. The van der Waals surface area contributed by atoms with E-state index in [0.717, 1.165) is 24.3 Å². The van der Waals surface area contributed by atoms with Gasteiger partial charge in [0.25, 0.3) is 0 Å². The molecule has 1 nitrogen and oxygen atoms in total. The summed E-state index contributed by atoms with van der Waals surface area (Å²) in [7, 11) is 0. The molecule has 0 aliphatic heterocycles. The SMILES string of the molecule is C=CCCCCCC[C@](C)(NCC)C(C)=S. The summed E-state index contributed by atoms with van der Waals surface area (Å²) < 4.78 is 0. The number of thiocarbonyl (C=S) groups is 1. The van der Waals surface area contributed by atoms with Crippen LogP contribution in [0, 0.1) is 0 Å². The van der Waals surface area contributed by atoms with Crippen molar-refractivity contribution in [2.75, 3.05) is 6.54 Å². The van der Waals surface area contributed by atoms with E-state index < -0.39 is 0 Å². The zero-order valence-electron chi connectivity index (χ0n) is 11.1. The molecule has 0 unspecified atom stereocenters. The van der Waals surface area contributed by atoms with E-state index in [0.29, 0.717) is 0 Å². The van der Waals surface area contributed by atoms with Crippen LogP contribution in [0.3, 0.4) is 0 Å². The van der Waals surface area contributed by atoms with Crippen molar-refractivity contribution in [2.24, 2.45) is 0 Å². The lowest BCUT2D eigenvalue weighted by Crippen LogP contribution is -2.47. The van der Waals surface area contributed by atoms with Gasteiger partial charge in [-0.25, -0.2) is 0 Å². The summed E-state index contributed by atoms with van der Waals surface area (Å²) in [5.41, 5.74) is 0.0581. The zero-order chi connectivity index (χ0) is 12.4. The Labute approximate surface area is 107 Å². The van der Waals surface area contributed by atoms with E-state index in [4.69, 9.17) is 12.2 Å². The van der Waals surface area contributed by atoms with Crippen molar-refractivity contribution in [3.8, 4) is 0 Å². The topological polar surface area (TPSA) is 12.0 Å². The van der Waals surface area contributed by atoms with E-state index in [1.54, 1.807) is 0 Å². The highest BCUT2D eigenvalue weighted by Crippen LogP contribution is 2.18. The van der Waals surface area contributed by atoms with Gasteiger partial charge in [0.15, 0.2) is 0 Å². The molecule has 0 amide bonds. The van der Waals surface area contributed by atoms with Gasteiger partial charge in [-0.05, 0) is 39.7 Å². The van der Waals surface area contributed by atoms with Crippen molar-refractivity contribution < 1.29 is 0 Å². The maximum absolute atomic E-state index is 5.34. The average molecular weight is 241 g/mol. The van der Waals surface area contributed by atoms with E-state index in [1.165, 1.54) is 25.7 Å². The first kappa shape index (κ1) is 15.8. The predicted octanol–water partition coefficient (Wildman–Crippen LogP) is 4.27. The molecule has 94 valence electrons. The van der Waals surface area contributed by atoms with Gasteiger partial charge < -0.3 is 5.32 Å². The Bertz CT molecular complexity index is 213. The fourth-order valence-corrected chi connectivity index (χ4v) is 2.07. The number of hydrogen-bond donors (Lipinski definition) is 1. The molecule has 0 heterocycles. The Hall–Kier alpha value is -0.210. The van der Waals surface area contributed by atoms with Gasteiger partial charge >= 0.3 is 0 Å². The Morgan fingerprint density at radius 2 is 1.94 bits per heavy atom. The molecule has 0 saturated carbocycles. The van der Waals surface area contributed by atoms with Crippen molar-refractivity contribution in [1.82, 2.24) is 5.32 Å². The quantitative estimate of drug-likeness (QED) is 0.348. The standard InChI is InChI=1S/C14H27NS/c1-5-7-8-9-10-11-12-14(4,13(3)16)15-6-2/h5,15H,1,6-12H2,2-4H3/t14-/m0/s1. The monoisotopic (exact) mass is 241 g/mol. The maximum atomic E-state index is 5.34. The molecule has 0 fully saturated rings. The minimum Gasteiger partial charge on any atom is -0.307 e. The van der Waals surface area contributed by atoms with Crippen LogP contribution in [0.1, 0.15) is 59.3 Å². The van der Waals surface area contributed by atoms with E-state index in [-0.39, 0.29) is 5.54 Å². The van der Waals surface area contributed by atoms with Crippen molar-refractivity contribution in [3.63, 3.8) is 0 Å². The first-order chi connectivity index (χ1) is 7.56. The first-order valence-electron chi connectivity index (χ1n) is 6.43. The fourth-order valence-electron chi connectivity index (χ4n) is 1.90. The predicted molar refractivity (Wildman–Crippen MR) is 78.3 cm³/mol. The first-order valence-corrected chi connectivity index (χ1v) is 6.84. The molecule has 1 N–H and O–H groups in total. The third-order valence-corrected chi connectivity index (χ3v) is 3.63. The maximum Gasteiger partial charge on any atom is 0.0466 e. The molecule has 0 aliphatic carbocycles. The molecule has 0 aromatic rings. The molecule has 16 heavy (non-hydrogen) atoms. The van der Waals surface area contributed by atoms with Crippen LogP contribution in [0.4, 0.5) is 0 Å². The minimum atomic E-state index is 0.0581. The molecular weight excluding hydrogens is 214 g/mol. The van der Waals surface area contributed by atoms with Crippen molar-refractivity contribution in [1.29, 1.82) is 0 Å². The number of nitrogens with one attached hydrogen (secondary N) is 1. The molecule has 0 bridgehead atoms. The van der Waals surface area contributed by atoms with E-state index in [2.05, 4.69) is 32.7 Å². The average Bonchev–Trinajstić information content (AvgIpc) is 2.23. The summed E-state index contributed by atoms with van der Waals surface area (Å²) in [5, 5.41) is 3.50. The highest BCUT2D eigenvalue weighted by Gasteiger charge is 2.24. The second-order valence-electron chi connectivity index (χ2n) is 4.66. The number of hydrogen-bond acceptors (Lipinski definition) is 2. The van der Waals surface area contributed by atoms with Crippen molar-refractivity contribution in [2.45, 2.75) is 64.8 Å². The van der Waals surface area contributed by atoms with Gasteiger partial charge in [0.05, 0.1) is 0 Å². The van der Waals surface area contributed by atoms with E-state index in [1.807, 2.05) is 6.08 Å². The van der Waals surface area contributed by atoms with Crippen molar-refractivity contribution in [3.05, 3.63) is 12.7 Å².